The van der Waals surface area contributed by atoms with Crippen molar-refractivity contribution in [2.45, 2.75) is 6.92 Å². The maximum absolute atomic E-state index is 5.95. The monoisotopic (exact) mass is 259 g/mol. The molecule has 2 aromatic rings. The number of anilines is 2. The average molecular weight is 260 g/mol. The van der Waals surface area contributed by atoms with E-state index in [-0.39, 0.29) is 0 Å². The number of pyridine rings is 1. The number of halogens is 2. The van der Waals surface area contributed by atoms with Crippen molar-refractivity contribution in [1.82, 2.24) is 9.97 Å². The zero-order valence-corrected chi connectivity index (χ0v) is 10.1. The molecule has 0 aliphatic rings. The Bertz CT molecular complexity index is 484. The van der Waals surface area contributed by atoms with Gasteiger partial charge in [0.25, 0.3) is 0 Å². The van der Waals surface area contributed by atoms with Crippen molar-refractivity contribution in [2.24, 2.45) is 0 Å². The fraction of sp³-hybridized carbons (Fsp3) is 0.111. The summed E-state index contributed by atoms with van der Waals surface area (Å²) in [6, 6.07) is 1.64. The zero-order chi connectivity index (χ0) is 10.8. The van der Waals surface area contributed by atoms with Crippen LogP contribution in [0.3, 0.4) is 0 Å². The predicted molar refractivity (Wildman–Crippen MR) is 64.4 cm³/mol. The Morgan fingerprint density at radius 1 is 1.27 bits per heavy atom. The van der Waals surface area contributed by atoms with Crippen LogP contribution in [-0.2, 0) is 0 Å². The van der Waals surface area contributed by atoms with Gasteiger partial charge in [0.05, 0.1) is 10.0 Å². The highest BCUT2D eigenvalue weighted by atomic mass is 35.5. The van der Waals surface area contributed by atoms with Crippen molar-refractivity contribution in [3.63, 3.8) is 0 Å². The van der Waals surface area contributed by atoms with E-state index in [1.807, 2.05) is 6.92 Å². The Morgan fingerprint density at radius 2 is 2.07 bits per heavy atom. The van der Waals surface area contributed by atoms with Gasteiger partial charge < -0.3 is 5.32 Å². The molecule has 0 unspecified atom stereocenters. The Balaban J connectivity index is 2.24. The van der Waals surface area contributed by atoms with E-state index in [1.165, 1.54) is 6.20 Å². The molecule has 1 N–H and O–H groups in total. The molecule has 0 fully saturated rings. The molecule has 0 aliphatic heterocycles. The summed E-state index contributed by atoms with van der Waals surface area (Å²) >= 11 is 13.2. The maximum atomic E-state index is 5.95. The van der Waals surface area contributed by atoms with Crippen LogP contribution < -0.4 is 5.32 Å². The number of hydrogen-bond donors (Lipinski definition) is 1. The number of thiazole rings is 1. The van der Waals surface area contributed by atoms with Crippen LogP contribution in [0.5, 0.6) is 0 Å². The molecule has 0 spiro atoms. The highest BCUT2D eigenvalue weighted by Gasteiger charge is 2.05. The number of rotatable bonds is 2. The van der Waals surface area contributed by atoms with Crippen molar-refractivity contribution < 1.29 is 0 Å². The van der Waals surface area contributed by atoms with E-state index in [0.717, 1.165) is 10.0 Å². The van der Waals surface area contributed by atoms with Gasteiger partial charge in [-0.3, -0.25) is 0 Å². The molecule has 0 amide bonds. The lowest BCUT2D eigenvalue weighted by Gasteiger charge is -2.03. The summed E-state index contributed by atoms with van der Waals surface area (Å²) < 4.78 is 0. The van der Waals surface area contributed by atoms with Crippen LogP contribution in [0, 0.1) is 6.92 Å². The van der Waals surface area contributed by atoms with E-state index in [2.05, 4.69) is 15.3 Å². The lowest BCUT2D eigenvalue weighted by molar-refractivity contribution is 1.28. The first kappa shape index (κ1) is 10.7. The molecular formula is C9H7Cl2N3S. The van der Waals surface area contributed by atoms with Crippen molar-refractivity contribution in [1.29, 1.82) is 0 Å². The van der Waals surface area contributed by atoms with Gasteiger partial charge in [0.2, 0.25) is 0 Å². The quantitative estimate of drug-likeness (QED) is 0.889. The van der Waals surface area contributed by atoms with Gasteiger partial charge in [0, 0.05) is 17.3 Å². The van der Waals surface area contributed by atoms with Crippen LogP contribution in [0.25, 0.3) is 0 Å². The minimum atomic E-state index is 0.482. The molecule has 0 saturated heterocycles. The predicted octanol–water partition coefficient (Wildman–Crippen LogP) is 3.90. The van der Waals surface area contributed by atoms with E-state index >= 15 is 0 Å². The number of nitrogens with zero attached hydrogens (tertiary/aromatic N) is 2. The van der Waals surface area contributed by atoms with Crippen LogP contribution >= 0.6 is 34.5 Å². The number of nitrogens with one attached hydrogen (secondary N) is 1. The largest absolute Gasteiger partial charge is 0.315 e. The van der Waals surface area contributed by atoms with Crippen molar-refractivity contribution in [3.05, 3.63) is 33.4 Å². The van der Waals surface area contributed by atoms with E-state index in [1.54, 1.807) is 23.6 Å². The minimum absolute atomic E-state index is 0.482. The van der Waals surface area contributed by atoms with Gasteiger partial charge in [-0.25, -0.2) is 9.97 Å². The summed E-state index contributed by atoms with van der Waals surface area (Å²) in [6.45, 7) is 1.99. The highest BCUT2D eigenvalue weighted by molar-refractivity contribution is 7.15. The van der Waals surface area contributed by atoms with Gasteiger partial charge >= 0.3 is 0 Å². The first-order valence-corrected chi connectivity index (χ1v) is 5.73. The summed E-state index contributed by atoms with van der Waals surface area (Å²) in [5.74, 6) is 0.565. The standard InChI is InChI=1S/C9H7Cl2N3S/c1-5-3-13-9(15-5)14-8-7(11)2-6(10)4-12-8/h2-4H,1H3,(H,12,13,14). The molecular weight excluding hydrogens is 253 g/mol. The first-order valence-electron chi connectivity index (χ1n) is 4.15. The van der Waals surface area contributed by atoms with Crippen LogP contribution in [0.2, 0.25) is 10.0 Å². The lowest BCUT2D eigenvalue weighted by Crippen LogP contribution is -1.93. The summed E-state index contributed by atoms with van der Waals surface area (Å²) in [5, 5.41) is 4.79. The minimum Gasteiger partial charge on any atom is -0.315 e. The number of aromatic nitrogens is 2. The summed E-state index contributed by atoms with van der Waals surface area (Å²) in [7, 11) is 0. The number of aryl methyl sites for hydroxylation is 1. The molecule has 0 aromatic carbocycles. The molecule has 2 aromatic heterocycles. The molecule has 78 valence electrons. The summed E-state index contributed by atoms with van der Waals surface area (Å²) in [5.41, 5.74) is 0. The molecule has 0 saturated carbocycles. The molecule has 2 heterocycles. The Hall–Kier alpha value is -0.840. The Morgan fingerprint density at radius 3 is 2.67 bits per heavy atom. The Kier molecular flexibility index (Phi) is 3.09. The van der Waals surface area contributed by atoms with Crippen molar-refractivity contribution in [2.75, 3.05) is 5.32 Å². The average Bonchev–Trinajstić information content (AvgIpc) is 2.56. The molecule has 15 heavy (non-hydrogen) atoms. The first-order chi connectivity index (χ1) is 7.15. The molecule has 0 aliphatic carbocycles. The third-order valence-corrected chi connectivity index (χ3v) is 2.98. The SMILES string of the molecule is Cc1cnc(Nc2ncc(Cl)cc2Cl)s1. The van der Waals surface area contributed by atoms with Gasteiger partial charge in [0.15, 0.2) is 10.9 Å². The van der Waals surface area contributed by atoms with Crippen molar-refractivity contribution in [3.8, 4) is 0 Å². The fourth-order valence-electron chi connectivity index (χ4n) is 1.02. The van der Waals surface area contributed by atoms with Gasteiger partial charge in [-0.1, -0.05) is 23.2 Å². The maximum Gasteiger partial charge on any atom is 0.188 e. The Labute approximate surface area is 101 Å². The molecule has 6 heteroatoms. The number of hydrogen-bond acceptors (Lipinski definition) is 4. The third kappa shape index (κ3) is 2.59. The topological polar surface area (TPSA) is 37.8 Å². The molecule has 0 atom stereocenters. The second kappa shape index (κ2) is 4.35. The lowest BCUT2D eigenvalue weighted by atomic mass is 10.4. The van der Waals surface area contributed by atoms with E-state index < -0.39 is 0 Å². The second-order valence-electron chi connectivity index (χ2n) is 2.89. The highest BCUT2D eigenvalue weighted by Crippen LogP contribution is 2.27. The molecule has 3 nitrogen and oxygen atoms in total. The summed E-state index contributed by atoms with van der Waals surface area (Å²) in [4.78, 5) is 9.35. The second-order valence-corrected chi connectivity index (χ2v) is 4.96. The van der Waals surface area contributed by atoms with Crippen LogP contribution in [0.15, 0.2) is 18.5 Å². The smallest absolute Gasteiger partial charge is 0.188 e. The van der Waals surface area contributed by atoms with Crippen molar-refractivity contribution >= 4 is 45.5 Å². The summed E-state index contributed by atoms with van der Waals surface area (Å²) in [6.07, 6.45) is 3.33. The van der Waals surface area contributed by atoms with Gasteiger partial charge in [-0.05, 0) is 13.0 Å². The van der Waals surface area contributed by atoms with Gasteiger partial charge in [-0.2, -0.15) is 0 Å². The molecule has 2 rings (SSSR count). The van der Waals surface area contributed by atoms with E-state index in [4.69, 9.17) is 23.2 Å². The van der Waals surface area contributed by atoms with Gasteiger partial charge in [0.1, 0.15) is 0 Å². The fourth-order valence-corrected chi connectivity index (χ4v) is 2.11. The van der Waals surface area contributed by atoms with Crippen LogP contribution in [0.4, 0.5) is 10.9 Å². The van der Waals surface area contributed by atoms with Gasteiger partial charge in [-0.15, -0.1) is 11.3 Å². The van der Waals surface area contributed by atoms with Crippen LogP contribution in [0.1, 0.15) is 4.88 Å². The van der Waals surface area contributed by atoms with E-state index in [9.17, 15) is 0 Å². The third-order valence-electron chi connectivity index (χ3n) is 1.65. The van der Waals surface area contributed by atoms with E-state index in [0.29, 0.717) is 15.9 Å². The molecule has 0 radical (unpaired) electrons. The normalized spacial score (nSPS) is 10.3. The molecule has 0 bridgehead atoms. The van der Waals surface area contributed by atoms with Crippen LogP contribution in [-0.4, -0.2) is 9.97 Å². The zero-order valence-electron chi connectivity index (χ0n) is 7.79.